The maximum Gasteiger partial charge on any atom is 0.239 e. The maximum atomic E-state index is 12.1. The Morgan fingerprint density at radius 1 is 1.24 bits per heavy atom. The molecule has 0 bridgehead atoms. The van der Waals surface area contributed by atoms with Gasteiger partial charge in [0, 0.05) is 0 Å². The lowest BCUT2D eigenvalue weighted by Crippen LogP contribution is -2.26. The highest BCUT2D eigenvalue weighted by atomic mass is 32.2. The van der Waals surface area contributed by atoms with Gasteiger partial charge in [0.05, 0.1) is 18.1 Å². The number of hydrogen-bond donors (Lipinski definition) is 2. The van der Waals surface area contributed by atoms with Crippen molar-refractivity contribution < 1.29 is 9.53 Å². The van der Waals surface area contributed by atoms with Crippen LogP contribution in [0.2, 0.25) is 0 Å². The van der Waals surface area contributed by atoms with E-state index in [1.165, 1.54) is 11.8 Å². The third kappa shape index (κ3) is 4.42. The van der Waals surface area contributed by atoms with Crippen molar-refractivity contribution in [1.29, 1.82) is 0 Å². The summed E-state index contributed by atoms with van der Waals surface area (Å²) in [7, 11) is 1.62. The standard InChI is InChI=1S/C19H19N3O2S/c1-13(15-8-10-16(24-2)11-9-15)21-22-19-20-18(23)17(25-19)12-14-6-4-3-5-7-14/h3-11,17,21H,1,12H2,2H3,(H,20,22,23)/t17-/m1/s1. The average Bonchev–Trinajstić information content (AvgIpc) is 3.00. The molecule has 2 N–H and O–H groups in total. The molecule has 5 nitrogen and oxygen atoms in total. The van der Waals surface area contributed by atoms with Gasteiger partial charge in [-0.15, -0.1) is 5.10 Å². The number of methoxy groups -OCH3 is 1. The summed E-state index contributed by atoms with van der Waals surface area (Å²) in [6, 6.07) is 17.5. The SMILES string of the molecule is C=C(N/N=C1\NC(=O)[C@@H](Cc2ccccc2)S1)c1ccc(OC)cc1. The third-order valence-corrected chi connectivity index (χ3v) is 4.85. The lowest BCUT2D eigenvalue weighted by molar-refractivity contribution is -0.118. The topological polar surface area (TPSA) is 62.7 Å². The molecule has 25 heavy (non-hydrogen) atoms. The number of ether oxygens (including phenoxy) is 1. The summed E-state index contributed by atoms with van der Waals surface area (Å²) in [5.41, 5.74) is 5.58. The molecule has 0 saturated carbocycles. The number of amidine groups is 1. The van der Waals surface area contributed by atoms with Crippen LogP contribution in [0.5, 0.6) is 5.75 Å². The van der Waals surface area contributed by atoms with Gasteiger partial charge in [0.15, 0.2) is 5.17 Å². The van der Waals surface area contributed by atoms with Crippen LogP contribution in [0.25, 0.3) is 5.70 Å². The summed E-state index contributed by atoms with van der Waals surface area (Å²) >= 11 is 1.42. The number of nitrogens with zero attached hydrogens (tertiary/aromatic N) is 1. The summed E-state index contributed by atoms with van der Waals surface area (Å²) in [5, 5.41) is 7.44. The summed E-state index contributed by atoms with van der Waals surface area (Å²) in [6.45, 7) is 3.97. The Bertz CT molecular complexity index is 788. The number of hydrazone groups is 1. The van der Waals surface area contributed by atoms with Crippen LogP contribution in [-0.2, 0) is 11.2 Å². The first-order valence-electron chi connectivity index (χ1n) is 7.84. The zero-order valence-electron chi connectivity index (χ0n) is 13.9. The molecule has 0 aliphatic carbocycles. The van der Waals surface area contributed by atoms with Crippen molar-refractivity contribution in [2.24, 2.45) is 5.10 Å². The van der Waals surface area contributed by atoms with Crippen molar-refractivity contribution in [3.63, 3.8) is 0 Å². The van der Waals surface area contributed by atoms with Crippen LogP contribution in [0.4, 0.5) is 0 Å². The van der Waals surface area contributed by atoms with Crippen LogP contribution < -0.4 is 15.5 Å². The molecule has 3 rings (SSSR count). The Balaban J connectivity index is 1.58. The highest BCUT2D eigenvalue weighted by Gasteiger charge is 2.30. The van der Waals surface area contributed by atoms with Gasteiger partial charge in [-0.1, -0.05) is 48.7 Å². The molecule has 1 amide bonds. The number of carbonyl (C=O) groups is 1. The highest BCUT2D eigenvalue weighted by molar-refractivity contribution is 8.15. The fraction of sp³-hybridized carbons (Fsp3) is 0.158. The van der Waals surface area contributed by atoms with Crippen LogP contribution in [0.15, 0.2) is 66.3 Å². The van der Waals surface area contributed by atoms with Crippen LogP contribution >= 0.6 is 11.8 Å². The van der Waals surface area contributed by atoms with Gasteiger partial charge in [-0.2, -0.15) is 0 Å². The van der Waals surface area contributed by atoms with E-state index in [0.29, 0.717) is 17.3 Å². The van der Waals surface area contributed by atoms with Crippen molar-refractivity contribution in [2.75, 3.05) is 7.11 Å². The lowest BCUT2D eigenvalue weighted by Gasteiger charge is -2.07. The summed E-state index contributed by atoms with van der Waals surface area (Å²) < 4.78 is 5.13. The average molecular weight is 353 g/mol. The predicted octanol–water partition coefficient (Wildman–Crippen LogP) is 3.00. The number of amides is 1. The Morgan fingerprint density at radius 2 is 1.96 bits per heavy atom. The number of rotatable bonds is 6. The summed E-state index contributed by atoms with van der Waals surface area (Å²) in [6.07, 6.45) is 0.676. The van der Waals surface area contributed by atoms with Gasteiger partial charge in [-0.3, -0.25) is 10.2 Å². The third-order valence-electron chi connectivity index (χ3n) is 3.77. The number of thioether (sulfide) groups is 1. The number of benzene rings is 2. The van der Waals surface area contributed by atoms with Crippen molar-refractivity contribution in [2.45, 2.75) is 11.7 Å². The van der Waals surface area contributed by atoms with Crippen molar-refractivity contribution in [1.82, 2.24) is 10.7 Å². The Morgan fingerprint density at radius 3 is 2.64 bits per heavy atom. The molecule has 0 radical (unpaired) electrons. The number of carbonyl (C=O) groups excluding carboxylic acids is 1. The molecule has 6 heteroatoms. The van der Waals surface area contributed by atoms with Crippen LogP contribution in [0.3, 0.4) is 0 Å². The number of hydrogen-bond acceptors (Lipinski definition) is 5. The second-order valence-corrected chi connectivity index (χ2v) is 6.71. The molecule has 1 aliphatic heterocycles. The normalized spacial score (nSPS) is 18.0. The Labute approximate surface area is 151 Å². The van der Waals surface area contributed by atoms with Gasteiger partial charge in [-0.25, -0.2) is 0 Å². The Kier molecular flexibility index (Phi) is 5.40. The fourth-order valence-electron chi connectivity index (χ4n) is 2.40. The molecule has 1 heterocycles. The second kappa shape index (κ2) is 7.90. The van der Waals surface area contributed by atoms with E-state index in [2.05, 4.69) is 22.4 Å². The second-order valence-electron chi connectivity index (χ2n) is 5.52. The van der Waals surface area contributed by atoms with E-state index in [4.69, 9.17) is 4.74 Å². The van der Waals surface area contributed by atoms with E-state index in [-0.39, 0.29) is 11.2 Å². The molecule has 1 saturated heterocycles. The smallest absolute Gasteiger partial charge is 0.239 e. The highest BCUT2D eigenvalue weighted by Crippen LogP contribution is 2.23. The van der Waals surface area contributed by atoms with Crippen molar-refractivity contribution in [3.8, 4) is 5.75 Å². The van der Waals surface area contributed by atoms with Crippen LogP contribution in [0, 0.1) is 0 Å². The van der Waals surface area contributed by atoms with E-state index in [1.807, 2.05) is 54.6 Å². The zero-order chi connectivity index (χ0) is 17.6. The van der Waals surface area contributed by atoms with Gasteiger partial charge in [-0.05, 0) is 41.8 Å². The first-order chi connectivity index (χ1) is 12.2. The molecule has 2 aromatic carbocycles. The molecule has 0 aromatic heterocycles. The van der Waals surface area contributed by atoms with Crippen molar-refractivity contribution >= 4 is 28.5 Å². The zero-order valence-corrected chi connectivity index (χ0v) is 14.7. The number of nitrogens with one attached hydrogen (secondary N) is 2. The molecule has 1 aliphatic rings. The molecular weight excluding hydrogens is 334 g/mol. The molecule has 0 spiro atoms. The largest absolute Gasteiger partial charge is 0.497 e. The Hall–Kier alpha value is -2.73. The van der Waals surface area contributed by atoms with E-state index < -0.39 is 0 Å². The van der Waals surface area contributed by atoms with E-state index >= 15 is 0 Å². The molecule has 1 fully saturated rings. The fourth-order valence-corrected chi connectivity index (χ4v) is 3.36. The molecule has 0 unspecified atom stereocenters. The molecular formula is C19H19N3O2S. The minimum absolute atomic E-state index is 0.0236. The van der Waals surface area contributed by atoms with Crippen molar-refractivity contribution in [3.05, 3.63) is 72.3 Å². The molecule has 1 atom stereocenters. The summed E-state index contributed by atoms with van der Waals surface area (Å²) in [4.78, 5) is 12.1. The van der Waals surface area contributed by atoms with E-state index in [1.54, 1.807) is 7.11 Å². The quantitative estimate of drug-likeness (QED) is 0.784. The van der Waals surface area contributed by atoms with E-state index in [0.717, 1.165) is 16.9 Å². The van der Waals surface area contributed by atoms with Crippen LogP contribution in [0.1, 0.15) is 11.1 Å². The van der Waals surface area contributed by atoms with Gasteiger partial charge in [0.1, 0.15) is 5.75 Å². The minimum Gasteiger partial charge on any atom is -0.497 e. The monoisotopic (exact) mass is 353 g/mol. The first kappa shape index (κ1) is 17.1. The predicted molar refractivity (Wildman–Crippen MR) is 102 cm³/mol. The molecule has 128 valence electrons. The van der Waals surface area contributed by atoms with Crippen LogP contribution in [-0.4, -0.2) is 23.4 Å². The van der Waals surface area contributed by atoms with Gasteiger partial charge < -0.3 is 10.1 Å². The van der Waals surface area contributed by atoms with E-state index in [9.17, 15) is 4.79 Å². The van der Waals surface area contributed by atoms with Gasteiger partial charge in [0.2, 0.25) is 5.91 Å². The van der Waals surface area contributed by atoms with Gasteiger partial charge in [0.25, 0.3) is 0 Å². The summed E-state index contributed by atoms with van der Waals surface area (Å²) in [5.74, 6) is 0.759. The molecule has 2 aromatic rings. The lowest BCUT2D eigenvalue weighted by atomic mass is 10.1. The van der Waals surface area contributed by atoms with Gasteiger partial charge >= 0.3 is 0 Å². The first-order valence-corrected chi connectivity index (χ1v) is 8.72. The maximum absolute atomic E-state index is 12.1. The minimum atomic E-state index is -0.169.